The molecule has 6 nitrogen and oxygen atoms in total. The minimum absolute atomic E-state index is 0.0171. The van der Waals surface area contributed by atoms with Crippen molar-refractivity contribution < 1.29 is 14.3 Å². The maximum absolute atomic E-state index is 12.3. The predicted molar refractivity (Wildman–Crippen MR) is 95.9 cm³/mol. The molecule has 25 heavy (non-hydrogen) atoms. The number of hydrogen-bond acceptors (Lipinski definition) is 4. The average molecular weight is 366 g/mol. The number of nitrogens with zero attached hydrogens (tertiary/aromatic N) is 2. The van der Waals surface area contributed by atoms with Crippen molar-refractivity contribution >= 4 is 23.4 Å². The number of piperazine rings is 1. The number of hydrogen-bond donors (Lipinski definition) is 1. The van der Waals surface area contributed by atoms with Gasteiger partial charge in [-0.3, -0.25) is 14.5 Å². The highest BCUT2D eigenvalue weighted by Crippen LogP contribution is 2.21. The SMILES string of the molecule is Cc1cc(OCC(=O)N2CCN(CC(=O)NC3CC3)CC2)ccc1Cl. The van der Waals surface area contributed by atoms with E-state index in [1.54, 1.807) is 17.0 Å². The number of nitrogens with one attached hydrogen (secondary N) is 1. The Hall–Kier alpha value is -1.79. The Morgan fingerprint density at radius 2 is 1.96 bits per heavy atom. The molecule has 1 heterocycles. The second-order valence-corrected chi connectivity index (χ2v) is 7.11. The lowest BCUT2D eigenvalue weighted by atomic mass is 10.2. The molecule has 0 atom stereocenters. The van der Waals surface area contributed by atoms with Gasteiger partial charge in [0.15, 0.2) is 6.61 Å². The van der Waals surface area contributed by atoms with Crippen molar-refractivity contribution in [3.05, 3.63) is 28.8 Å². The number of rotatable bonds is 6. The van der Waals surface area contributed by atoms with Crippen LogP contribution in [0, 0.1) is 6.92 Å². The summed E-state index contributed by atoms with van der Waals surface area (Å²) in [6.07, 6.45) is 2.20. The molecule has 1 aliphatic heterocycles. The maximum Gasteiger partial charge on any atom is 0.260 e. The number of benzene rings is 1. The summed E-state index contributed by atoms with van der Waals surface area (Å²) in [5.41, 5.74) is 0.921. The molecule has 1 aromatic carbocycles. The molecule has 2 fully saturated rings. The zero-order valence-electron chi connectivity index (χ0n) is 14.5. The summed E-state index contributed by atoms with van der Waals surface area (Å²) in [5.74, 6) is 0.698. The van der Waals surface area contributed by atoms with E-state index in [0.29, 0.717) is 49.5 Å². The molecule has 1 aliphatic carbocycles. The number of carbonyl (C=O) groups excluding carboxylic acids is 2. The van der Waals surface area contributed by atoms with Gasteiger partial charge in [-0.1, -0.05) is 11.6 Å². The Labute approximate surface area is 153 Å². The van der Waals surface area contributed by atoms with Gasteiger partial charge in [-0.2, -0.15) is 0 Å². The van der Waals surface area contributed by atoms with Crippen LogP contribution in [0.15, 0.2) is 18.2 Å². The van der Waals surface area contributed by atoms with E-state index in [2.05, 4.69) is 10.2 Å². The minimum Gasteiger partial charge on any atom is -0.484 e. The average Bonchev–Trinajstić information content (AvgIpc) is 3.40. The highest BCUT2D eigenvalue weighted by Gasteiger charge is 2.26. The van der Waals surface area contributed by atoms with Crippen LogP contribution in [0.2, 0.25) is 5.02 Å². The Bertz CT molecular complexity index is 640. The lowest BCUT2D eigenvalue weighted by Gasteiger charge is -2.34. The Morgan fingerprint density at radius 3 is 2.60 bits per heavy atom. The standard InChI is InChI=1S/C18H24ClN3O3/c1-13-10-15(4-5-16(13)19)25-12-18(24)22-8-6-21(7-9-22)11-17(23)20-14-2-3-14/h4-5,10,14H,2-3,6-9,11-12H2,1H3,(H,20,23). The van der Waals surface area contributed by atoms with Gasteiger partial charge in [0.25, 0.3) is 5.91 Å². The third-order valence-electron chi connectivity index (χ3n) is 4.53. The topological polar surface area (TPSA) is 61.9 Å². The summed E-state index contributed by atoms with van der Waals surface area (Å²) in [4.78, 5) is 28.0. The van der Waals surface area contributed by atoms with E-state index >= 15 is 0 Å². The van der Waals surface area contributed by atoms with Crippen molar-refractivity contribution in [2.75, 3.05) is 39.3 Å². The second kappa shape index (κ2) is 8.06. The second-order valence-electron chi connectivity index (χ2n) is 6.70. The smallest absolute Gasteiger partial charge is 0.260 e. The van der Waals surface area contributed by atoms with Gasteiger partial charge in [-0.15, -0.1) is 0 Å². The van der Waals surface area contributed by atoms with Crippen molar-refractivity contribution in [3.63, 3.8) is 0 Å². The first-order chi connectivity index (χ1) is 12.0. The van der Waals surface area contributed by atoms with Gasteiger partial charge in [-0.25, -0.2) is 0 Å². The van der Waals surface area contributed by atoms with Crippen molar-refractivity contribution in [1.29, 1.82) is 0 Å². The first-order valence-corrected chi connectivity index (χ1v) is 9.07. The van der Waals surface area contributed by atoms with Gasteiger partial charge >= 0.3 is 0 Å². The molecule has 3 rings (SSSR count). The third-order valence-corrected chi connectivity index (χ3v) is 4.95. The molecular formula is C18H24ClN3O3. The fourth-order valence-corrected chi connectivity index (χ4v) is 2.92. The molecule has 1 N–H and O–H groups in total. The summed E-state index contributed by atoms with van der Waals surface area (Å²) < 4.78 is 5.57. The van der Waals surface area contributed by atoms with Gasteiger partial charge in [0.2, 0.25) is 5.91 Å². The molecule has 0 radical (unpaired) electrons. The molecule has 7 heteroatoms. The van der Waals surface area contributed by atoms with Crippen LogP contribution < -0.4 is 10.1 Å². The highest BCUT2D eigenvalue weighted by molar-refractivity contribution is 6.31. The minimum atomic E-state index is -0.0327. The zero-order valence-corrected chi connectivity index (χ0v) is 15.2. The van der Waals surface area contributed by atoms with Crippen molar-refractivity contribution in [3.8, 4) is 5.75 Å². The van der Waals surface area contributed by atoms with Gasteiger partial charge < -0.3 is 15.0 Å². The van der Waals surface area contributed by atoms with Crippen molar-refractivity contribution in [2.24, 2.45) is 0 Å². The molecule has 0 bridgehead atoms. The van der Waals surface area contributed by atoms with E-state index in [1.165, 1.54) is 0 Å². The summed E-state index contributed by atoms with van der Waals surface area (Å²) in [5, 5.41) is 3.67. The first kappa shape index (κ1) is 18.0. The summed E-state index contributed by atoms with van der Waals surface area (Å²) >= 11 is 5.98. The summed E-state index contributed by atoms with van der Waals surface area (Å²) in [7, 11) is 0. The zero-order chi connectivity index (χ0) is 17.8. The van der Waals surface area contributed by atoms with Crippen LogP contribution in [0.4, 0.5) is 0 Å². The molecular weight excluding hydrogens is 342 g/mol. The number of carbonyl (C=O) groups is 2. The van der Waals surface area contributed by atoms with Gasteiger partial charge in [0.05, 0.1) is 6.54 Å². The quantitative estimate of drug-likeness (QED) is 0.829. The molecule has 0 spiro atoms. The predicted octanol–water partition coefficient (Wildman–Crippen LogP) is 1.45. The van der Waals surface area contributed by atoms with Crippen LogP contribution in [0.1, 0.15) is 18.4 Å². The van der Waals surface area contributed by atoms with Crippen LogP contribution in [0.3, 0.4) is 0 Å². The van der Waals surface area contributed by atoms with E-state index in [-0.39, 0.29) is 18.4 Å². The highest BCUT2D eigenvalue weighted by atomic mass is 35.5. The Morgan fingerprint density at radius 1 is 1.24 bits per heavy atom. The Kier molecular flexibility index (Phi) is 5.81. The largest absolute Gasteiger partial charge is 0.484 e. The normalized spacial score (nSPS) is 18.1. The van der Waals surface area contributed by atoms with E-state index < -0.39 is 0 Å². The van der Waals surface area contributed by atoms with Gasteiger partial charge in [0.1, 0.15) is 5.75 Å². The molecule has 0 unspecified atom stereocenters. The summed E-state index contributed by atoms with van der Waals surface area (Å²) in [6.45, 7) is 5.00. The van der Waals surface area contributed by atoms with Crippen molar-refractivity contribution in [1.82, 2.24) is 15.1 Å². The van der Waals surface area contributed by atoms with E-state index in [9.17, 15) is 9.59 Å². The van der Waals surface area contributed by atoms with Crippen LogP contribution in [-0.4, -0.2) is 67.0 Å². The van der Waals surface area contributed by atoms with Gasteiger partial charge in [-0.05, 0) is 43.5 Å². The van der Waals surface area contributed by atoms with E-state index in [4.69, 9.17) is 16.3 Å². The number of amides is 2. The number of ether oxygens (including phenoxy) is 1. The molecule has 136 valence electrons. The molecule has 0 aromatic heterocycles. The van der Waals surface area contributed by atoms with E-state index in [0.717, 1.165) is 18.4 Å². The molecule has 2 amide bonds. The molecule has 1 saturated carbocycles. The third kappa shape index (κ3) is 5.34. The number of aryl methyl sites for hydroxylation is 1. The van der Waals surface area contributed by atoms with Gasteiger partial charge in [0, 0.05) is 37.2 Å². The first-order valence-electron chi connectivity index (χ1n) is 8.70. The summed E-state index contributed by atoms with van der Waals surface area (Å²) in [6, 6.07) is 5.75. The van der Waals surface area contributed by atoms with Crippen LogP contribution in [0.25, 0.3) is 0 Å². The lowest BCUT2D eigenvalue weighted by Crippen LogP contribution is -2.52. The molecule has 2 aliphatic rings. The molecule has 1 aromatic rings. The monoisotopic (exact) mass is 365 g/mol. The molecule has 1 saturated heterocycles. The fraction of sp³-hybridized carbons (Fsp3) is 0.556. The Balaban J connectivity index is 1.38. The lowest BCUT2D eigenvalue weighted by molar-refractivity contribution is -0.135. The van der Waals surface area contributed by atoms with E-state index in [1.807, 2.05) is 13.0 Å². The van der Waals surface area contributed by atoms with Crippen molar-refractivity contribution in [2.45, 2.75) is 25.8 Å². The van der Waals surface area contributed by atoms with Crippen LogP contribution >= 0.6 is 11.6 Å². The van der Waals surface area contributed by atoms with Crippen LogP contribution in [0.5, 0.6) is 5.75 Å². The number of halogens is 1. The maximum atomic E-state index is 12.3. The van der Waals surface area contributed by atoms with Crippen LogP contribution in [-0.2, 0) is 9.59 Å². The fourth-order valence-electron chi connectivity index (χ4n) is 2.80.